The third-order valence-corrected chi connectivity index (χ3v) is 9.44. The fraction of sp³-hybridized carbons (Fsp3) is 0.476. The van der Waals surface area contributed by atoms with Gasteiger partial charge in [-0.2, -0.15) is 5.06 Å². The average Bonchev–Trinajstić information content (AvgIpc) is 3.13. The second kappa shape index (κ2) is 8.86. The van der Waals surface area contributed by atoms with Crippen molar-refractivity contribution in [2.24, 2.45) is 0 Å². The molecule has 0 fully saturated rings. The third-order valence-electron chi connectivity index (χ3n) is 5.14. The van der Waals surface area contributed by atoms with E-state index in [1.54, 1.807) is 6.26 Å². The first-order valence-electron chi connectivity index (χ1n) is 9.24. The molecule has 2 rings (SSSR count). The molecule has 6 heteroatoms. The summed E-state index contributed by atoms with van der Waals surface area (Å²) in [6.45, 7) is 11.5. The summed E-state index contributed by atoms with van der Waals surface area (Å²) >= 11 is 0. The normalized spacial score (nSPS) is 13.6. The Morgan fingerprint density at radius 2 is 1.81 bits per heavy atom. The topological polar surface area (TPSA) is 51.9 Å². The van der Waals surface area contributed by atoms with Crippen LogP contribution in [0.5, 0.6) is 0 Å². The molecule has 0 radical (unpaired) electrons. The van der Waals surface area contributed by atoms with Gasteiger partial charge >= 0.3 is 5.97 Å². The Balaban J connectivity index is 2.39. The molecule has 0 spiro atoms. The van der Waals surface area contributed by atoms with Crippen LogP contribution in [0.3, 0.4) is 0 Å². The lowest BCUT2D eigenvalue weighted by molar-refractivity contribution is -0.155. The summed E-state index contributed by atoms with van der Waals surface area (Å²) in [6.07, 6.45) is 1.78. The summed E-state index contributed by atoms with van der Waals surface area (Å²) in [7, 11) is -0.726. The van der Waals surface area contributed by atoms with Crippen LogP contribution >= 0.6 is 0 Å². The van der Waals surface area contributed by atoms with Crippen molar-refractivity contribution in [1.82, 2.24) is 5.06 Å². The van der Waals surface area contributed by atoms with Gasteiger partial charge < -0.3 is 13.7 Å². The number of methoxy groups -OCH3 is 1. The number of hydrogen-bond donors (Lipinski definition) is 0. The van der Waals surface area contributed by atoms with Gasteiger partial charge in [-0.3, -0.25) is 4.79 Å². The van der Waals surface area contributed by atoms with E-state index in [1.807, 2.05) is 35.4 Å². The second-order valence-corrected chi connectivity index (χ2v) is 12.9. The summed E-state index contributed by atoms with van der Waals surface area (Å²) in [5.41, 5.74) is 1.11. The van der Waals surface area contributed by atoms with Gasteiger partial charge in [0.2, 0.25) is 8.32 Å². The van der Waals surface area contributed by atoms with Gasteiger partial charge in [0.05, 0.1) is 19.8 Å². The number of hydrogen-bond acceptors (Lipinski definition) is 5. The van der Waals surface area contributed by atoms with E-state index < -0.39 is 8.32 Å². The van der Waals surface area contributed by atoms with Crippen LogP contribution in [0, 0.1) is 0 Å². The van der Waals surface area contributed by atoms with Gasteiger partial charge in [0.15, 0.2) is 0 Å². The smallest absolute Gasteiger partial charge is 0.307 e. The molecule has 148 valence electrons. The summed E-state index contributed by atoms with van der Waals surface area (Å²) < 4.78 is 17.2. The molecule has 5 nitrogen and oxygen atoms in total. The minimum atomic E-state index is -2.13. The standard InChI is InChI=1S/C21H31NO4Si/c1-21(2,3)27(5,6)26-22(16-17-11-8-7-9-12-17)18(15-20(23)24-4)19-13-10-14-25-19/h7-14,18H,15-16H2,1-6H3. The Kier molecular flexibility index (Phi) is 7.03. The molecule has 0 saturated heterocycles. The first-order valence-corrected chi connectivity index (χ1v) is 12.1. The van der Waals surface area contributed by atoms with Crippen LogP contribution in [0.4, 0.5) is 0 Å². The van der Waals surface area contributed by atoms with Gasteiger partial charge in [-0.15, -0.1) is 0 Å². The van der Waals surface area contributed by atoms with E-state index in [9.17, 15) is 4.79 Å². The molecule has 0 aliphatic carbocycles. The Morgan fingerprint density at radius 1 is 1.15 bits per heavy atom. The zero-order chi connectivity index (χ0) is 20.1. The number of rotatable bonds is 8. The minimum absolute atomic E-state index is 0.0287. The number of ether oxygens (including phenoxy) is 1. The first kappa shape index (κ1) is 21.4. The zero-order valence-corrected chi connectivity index (χ0v) is 18.2. The van der Waals surface area contributed by atoms with E-state index >= 15 is 0 Å². The third kappa shape index (κ3) is 5.79. The highest BCUT2D eigenvalue weighted by atomic mass is 28.4. The summed E-state index contributed by atoms with van der Waals surface area (Å²) in [6, 6.07) is 13.4. The van der Waals surface area contributed by atoms with Gasteiger partial charge in [0.25, 0.3) is 0 Å². The molecule has 1 heterocycles. The van der Waals surface area contributed by atoms with Crippen LogP contribution in [0.15, 0.2) is 53.1 Å². The van der Waals surface area contributed by atoms with E-state index in [1.165, 1.54) is 7.11 Å². The molecular weight excluding hydrogens is 358 g/mol. The predicted molar refractivity (Wildman–Crippen MR) is 108 cm³/mol. The first-order chi connectivity index (χ1) is 12.6. The highest BCUT2D eigenvalue weighted by molar-refractivity contribution is 6.74. The number of nitrogens with zero attached hydrogens (tertiary/aromatic N) is 1. The molecule has 0 amide bonds. The van der Waals surface area contributed by atoms with Gasteiger partial charge in [-0.25, -0.2) is 0 Å². The maximum Gasteiger partial charge on any atom is 0.307 e. The maximum atomic E-state index is 12.1. The predicted octanol–water partition coefficient (Wildman–Crippen LogP) is 5.32. The molecule has 0 saturated carbocycles. The van der Waals surface area contributed by atoms with Crippen molar-refractivity contribution in [1.29, 1.82) is 0 Å². The SMILES string of the molecule is COC(=O)CC(c1ccco1)N(Cc1ccccc1)O[Si](C)(C)C(C)(C)C. The largest absolute Gasteiger partial charge is 0.469 e. The number of benzene rings is 1. The molecule has 1 aromatic heterocycles. The molecule has 0 bridgehead atoms. The van der Waals surface area contributed by atoms with Crippen molar-refractivity contribution < 1.29 is 18.5 Å². The minimum Gasteiger partial charge on any atom is -0.469 e. The molecule has 2 aromatic rings. The Bertz CT molecular complexity index is 708. The molecule has 0 aliphatic heterocycles. The number of hydroxylamine groups is 2. The lowest BCUT2D eigenvalue weighted by atomic mass is 10.1. The zero-order valence-electron chi connectivity index (χ0n) is 17.2. The monoisotopic (exact) mass is 389 g/mol. The van der Waals surface area contributed by atoms with Gasteiger partial charge in [-0.05, 0) is 35.8 Å². The van der Waals surface area contributed by atoms with Crippen LogP contribution in [-0.2, 0) is 20.6 Å². The molecule has 27 heavy (non-hydrogen) atoms. The van der Waals surface area contributed by atoms with Crippen molar-refractivity contribution in [2.45, 2.75) is 57.9 Å². The number of furan rings is 1. The van der Waals surface area contributed by atoms with Crippen LogP contribution in [0.2, 0.25) is 18.1 Å². The molecule has 1 aromatic carbocycles. The molecule has 0 N–H and O–H groups in total. The number of carbonyl (C=O) groups is 1. The highest BCUT2D eigenvalue weighted by Gasteiger charge is 2.42. The van der Waals surface area contributed by atoms with E-state index in [-0.39, 0.29) is 23.5 Å². The van der Waals surface area contributed by atoms with Gasteiger partial charge in [0.1, 0.15) is 11.8 Å². The van der Waals surface area contributed by atoms with Gasteiger partial charge in [-0.1, -0.05) is 51.1 Å². The quantitative estimate of drug-likeness (QED) is 0.347. The summed E-state index contributed by atoms with van der Waals surface area (Å²) in [4.78, 5) is 12.1. The Morgan fingerprint density at radius 3 is 2.33 bits per heavy atom. The Labute approximate surface area is 163 Å². The fourth-order valence-corrected chi connectivity index (χ4v) is 3.52. The van der Waals surface area contributed by atoms with E-state index in [0.717, 1.165) is 5.56 Å². The number of esters is 1. The average molecular weight is 390 g/mol. The van der Waals surface area contributed by atoms with E-state index in [2.05, 4.69) is 46.0 Å². The fourth-order valence-electron chi connectivity index (χ4n) is 2.47. The lowest BCUT2D eigenvalue weighted by Crippen LogP contribution is -2.47. The van der Waals surface area contributed by atoms with Crippen LogP contribution in [-0.4, -0.2) is 26.5 Å². The van der Waals surface area contributed by atoms with Gasteiger partial charge in [0, 0.05) is 6.54 Å². The van der Waals surface area contributed by atoms with Crippen molar-refractivity contribution in [3.8, 4) is 0 Å². The lowest BCUT2D eigenvalue weighted by Gasteiger charge is -2.42. The molecule has 1 unspecified atom stereocenters. The van der Waals surface area contributed by atoms with E-state index in [4.69, 9.17) is 13.7 Å². The molecule has 1 atom stereocenters. The van der Waals surface area contributed by atoms with Crippen molar-refractivity contribution in [3.05, 3.63) is 60.1 Å². The summed E-state index contributed by atoms with van der Waals surface area (Å²) in [5, 5.41) is 1.93. The van der Waals surface area contributed by atoms with Crippen LogP contribution in [0.25, 0.3) is 0 Å². The molecular formula is C21H31NO4Si. The van der Waals surface area contributed by atoms with Crippen molar-refractivity contribution >= 4 is 14.3 Å². The van der Waals surface area contributed by atoms with E-state index in [0.29, 0.717) is 12.3 Å². The van der Waals surface area contributed by atoms with Crippen LogP contribution < -0.4 is 0 Å². The highest BCUT2D eigenvalue weighted by Crippen LogP contribution is 2.39. The maximum absolute atomic E-state index is 12.1. The second-order valence-electron chi connectivity index (χ2n) is 8.22. The van der Waals surface area contributed by atoms with Crippen molar-refractivity contribution in [3.63, 3.8) is 0 Å². The summed E-state index contributed by atoms with van der Waals surface area (Å²) in [5.74, 6) is 0.392. The Hall–Kier alpha value is -1.89. The number of carbonyl (C=O) groups excluding carboxylic acids is 1. The van der Waals surface area contributed by atoms with Crippen molar-refractivity contribution in [2.75, 3.05) is 7.11 Å². The van der Waals surface area contributed by atoms with Crippen LogP contribution in [0.1, 0.15) is 44.6 Å². The molecule has 0 aliphatic rings.